The van der Waals surface area contributed by atoms with Gasteiger partial charge >= 0.3 is 11.7 Å². The molecule has 116 valence electrons. The molecule has 1 rings (SSSR count). The third-order valence-corrected chi connectivity index (χ3v) is 3.17. The van der Waals surface area contributed by atoms with Crippen LogP contribution in [0.1, 0.15) is 20.3 Å². The van der Waals surface area contributed by atoms with E-state index in [4.69, 9.17) is 9.84 Å². The van der Waals surface area contributed by atoms with Crippen molar-refractivity contribution < 1.29 is 24.0 Å². The number of nitro benzene ring substituents is 1. The summed E-state index contributed by atoms with van der Waals surface area (Å²) in [6.07, 6.45) is -0.546. The van der Waals surface area contributed by atoms with Gasteiger partial charge in [-0.25, -0.2) is 4.39 Å². The fraction of sp³-hybridized carbons (Fsp3) is 0.462. The molecule has 7 nitrogen and oxygen atoms in total. The normalized spacial score (nSPS) is 15.0. The maximum atomic E-state index is 13.0. The van der Waals surface area contributed by atoms with E-state index < -0.39 is 34.0 Å². The quantitative estimate of drug-likeness (QED) is 0.589. The third-order valence-electron chi connectivity index (χ3n) is 3.17. The Labute approximate surface area is 120 Å². The van der Waals surface area contributed by atoms with Crippen molar-refractivity contribution in [3.05, 3.63) is 34.1 Å². The molecule has 2 atom stereocenters. The highest BCUT2D eigenvalue weighted by Gasteiger charge is 2.34. The van der Waals surface area contributed by atoms with Gasteiger partial charge in [0.05, 0.1) is 17.1 Å². The number of carbonyl (C=O) groups is 1. The maximum absolute atomic E-state index is 13.0. The number of ether oxygens (including phenoxy) is 1. The lowest BCUT2D eigenvalue weighted by molar-refractivity contribution is -0.386. The van der Waals surface area contributed by atoms with E-state index in [2.05, 4.69) is 5.32 Å². The van der Waals surface area contributed by atoms with Crippen molar-refractivity contribution in [3.8, 4) is 5.75 Å². The molecular weight excluding hydrogens is 283 g/mol. The number of benzene rings is 1. The first-order valence-electron chi connectivity index (χ1n) is 6.22. The minimum absolute atomic E-state index is 0.0768. The summed E-state index contributed by atoms with van der Waals surface area (Å²) in [7, 11) is 1.50. The minimum atomic E-state index is -1.23. The van der Waals surface area contributed by atoms with Gasteiger partial charge in [0.15, 0.2) is 5.75 Å². The van der Waals surface area contributed by atoms with E-state index in [9.17, 15) is 19.3 Å². The highest BCUT2D eigenvalue weighted by Crippen LogP contribution is 2.29. The molecule has 2 unspecified atom stereocenters. The number of nitro groups is 1. The van der Waals surface area contributed by atoms with Crippen LogP contribution < -0.4 is 10.1 Å². The maximum Gasteiger partial charge on any atom is 0.323 e. The molecule has 0 aliphatic rings. The molecule has 0 heterocycles. The van der Waals surface area contributed by atoms with Crippen molar-refractivity contribution in [3.63, 3.8) is 0 Å². The Bertz CT molecular complexity index is 551. The summed E-state index contributed by atoms with van der Waals surface area (Å²) in [5.74, 6) is -1.90. The molecule has 2 N–H and O–H groups in total. The molecule has 21 heavy (non-hydrogen) atoms. The highest BCUT2D eigenvalue weighted by molar-refractivity contribution is 5.78. The lowest BCUT2D eigenvalue weighted by Gasteiger charge is -2.27. The van der Waals surface area contributed by atoms with E-state index in [1.54, 1.807) is 6.92 Å². The van der Waals surface area contributed by atoms with Crippen molar-refractivity contribution in [1.29, 1.82) is 0 Å². The van der Waals surface area contributed by atoms with E-state index in [1.165, 1.54) is 14.0 Å². The molecule has 0 radical (unpaired) electrons. The number of rotatable bonds is 7. The topological polar surface area (TPSA) is 102 Å². The van der Waals surface area contributed by atoms with Crippen LogP contribution in [0.3, 0.4) is 0 Å². The van der Waals surface area contributed by atoms with Crippen LogP contribution in [0, 0.1) is 15.9 Å². The first-order chi connectivity index (χ1) is 9.69. The number of nitrogens with one attached hydrogen (secondary N) is 1. The van der Waals surface area contributed by atoms with Crippen molar-refractivity contribution in [2.45, 2.75) is 31.9 Å². The lowest BCUT2D eigenvalue weighted by atomic mass is 9.95. The summed E-state index contributed by atoms with van der Waals surface area (Å²) >= 11 is 0. The Morgan fingerprint density at radius 1 is 1.62 bits per heavy atom. The number of carboxylic acids is 1. The van der Waals surface area contributed by atoms with Gasteiger partial charge in [0.2, 0.25) is 0 Å². The SMILES string of the molecule is CNC(C)(CC(C)Oc1ccc(F)cc1[N+](=O)[O-])C(=O)O. The number of hydrogen-bond acceptors (Lipinski definition) is 5. The van der Waals surface area contributed by atoms with E-state index in [0.717, 1.165) is 18.2 Å². The molecule has 0 amide bonds. The molecule has 8 heteroatoms. The molecule has 0 saturated carbocycles. The minimum Gasteiger partial charge on any atom is -0.484 e. The smallest absolute Gasteiger partial charge is 0.323 e. The second-order valence-corrected chi connectivity index (χ2v) is 4.89. The number of aliphatic carboxylic acids is 1. The average Bonchev–Trinajstić information content (AvgIpc) is 2.40. The lowest BCUT2D eigenvalue weighted by Crippen LogP contribution is -2.50. The van der Waals surface area contributed by atoms with Gasteiger partial charge in [-0.1, -0.05) is 0 Å². The zero-order valence-corrected chi connectivity index (χ0v) is 11.9. The van der Waals surface area contributed by atoms with Crippen LogP contribution >= 0.6 is 0 Å². The summed E-state index contributed by atoms with van der Waals surface area (Å²) in [4.78, 5) is 21.3. The predicted octanol–water partition coefficient (Wildman–Crippen LogP) is 1.95. The van der Waals surface area contributed by atoms with Crippen LogP contribution in [0.5, 0.6) is 5.75 Å². The summed E-state index contributed by atoms with van der Waals surface area (Å²) in [6.45, 7) is 3.07. The molecule has 1 aromatic rings. The highest BCUT2D eigenvalue weighted by atomic mass is 19.1. The number of hydrogen-bond donors (Lipinski definition) is 2. The average molecular weight is 300 g/mol. The first-order valence-corrected chi connectivity index (χ1v) is 6.22. The Morgan fingerprint density at radius 2 is 2.24 bits per heavy atom. The van der Waals surface area contributed by atoms with Gasteiger partial charge in [0.25, 0.3) is 0 Å². The molecule has 0 spiro atoms. The zero-order valence-electron chi connectivity index (χ0n) is 11.9. The van der Waals surface area contributed by atoms with Crippen molar-refractivity contribution >= 4 is 11.7 Å². The Hall–Kier alpha value is -2.22. The molecule has 0 aromatic heterocycles. The fourth-order valence-corrected chi connectivity index (χ4v) is 1.86. The Balaban J connectivity index is 2.91. The van der Waals surface area contributed by atoms with E-state index in [-0.39, 0.29) is 12.2 Å². The van der Waals surface area contributed by atoms with Crippen LogP contribution in [0.15, 0.2) is 18.2 Å². The molecule has 0 bridgehead atoms. The summed E-state index contributed by atoms with van der Waals surface area (Å²) in [5.41, 5.74) is -1.72. The van der Waals surface area contributed by atoms with Crippen LogP contribution in [0.4, 0.5) is 10.1 Å². The van der Waals surface area contributed by atoms with Gasteiger partial charge in [-0.3, -0.25) is 14.9 Å². The van der Waals surface area contributed by atoms with E-state index >= 15 is 0 Å². The van der Waals surface area contributed by atoms with Gasteiger partial charge in [0.1, 0.15) is 11.4 Å². The second kappa shape index (κ2) is 6.49. The van der Waals surface area contributed by atoms with Crippen molar-refractivity contribution in [2.24, 2.45) is 0 Å². The number of likely N-dealkylation sites (N-methyl/N-ethyl adjacent to an activating group) is 1. The molecule has 0 fully saturated rings. The van der Waals surface area contributed by atoms with Gasteiger partial charge < -0.3 is 15.2 Å². The molecule has 0 aliphatic carbocycles. The first kappa shape index (κ1) is 16.8. The second-order valence-electron chi connectivity index (χ2n) is 4.89. The largest absolute Gasteiger partial charge is 0.484 e. The van der Waals surface area contributed by atoms with Crippen LogP contribution in [0.25, 0.3) is 0 Å². The zero-order chi connectivity index (χ0) is 16.2. The summed E-state index contributed by atoms with van der Waals surface area (Å²) in [6, 6.07) is 2.96. The summed E-state index contributed by atoms with van der Waals surface area (Å²) < 4.78 is 18.4. The van der Waals surface area contributed by atoms with Crippen LogP contribution in [-0.2, 0) is 4.79 Å². The Kier molecular flexibility index (Phi) is 5.20. The third kappa shape index (κ3) is 4.12. The molecule has 0 aliphatic heterocycles. The van der Waals surface area contributed by atoms with E-state index in [0.29, 0.717) is 0 Å². The van der Waals surface area contributed by atoms with Crippen LogP contribution in [0.2, 0.25) is 0 Å². The molecule has 1 aromatic carbocycles. The fourth-order valence-electron chi connectivity index (χ4n) is 1.86. The monoisotopic (exact) mass is 300 g/mol. The summed E-state index contributed by atoms with van der Waals surface area (Å²) in [5, 5.41) is 22.7. The number of halogens is 1. The van der Waals surface area contributed by atoms with E-state index in [1.807, 2.05) is 0 Å². The standard InChI is InChI=1S/C13H17FN2O5/c1-8(7-13(2,15-3)12(17)18)21-11-5-4-9(14)6-10(11)16(19)20/h4-6,8,15H,7H2,1-3H3,(H,17,18). The van der Waals surface area contributed by atoms with Crippen molar-refractivity contribution in [2.75, 3.05) is 7.05 Å². The number of carboxylic acid groups (broad SMARTS) is 1. The van der Waals surface area contributed by atoms with Gasteiger partial charge in [-0.2, -0.15) is 0 Å². The number of nitrogens with zero attached hydrogens (tertiary/aromatic N) is 1. The van der Waals surface area contributed by atoms with Gasteiger partial charge in [0, 0.05) is 6.42 Å². The molecular formula is C13H17FN2O5. The Morgan fingerprint density at radius 3 is 2.71 bits per heavy atom. The van der Waals surface area contributed by atoms with Gasteiger partial charge in [-0.15, -0.1) is 0 Å². The van der Waals surface area contributed by atoms with Crippen LogP contribution in [-0.4, -0.2) is 34.7 Å². The van der Waals surface area contributed by atoms with Crippen molar-refractivity contribution in [1.82, 2.24) is 5.32 Å². The predicted molar refractivity (Wildman–Crippen MR) is 72.9 cm³/mol. The molecule has 0 saturated heterocycles. The van der Waals surface area contributed by atoms with Gasteiger partial charge in [-0.05, 0) is 33.0 Å².